The Morgan fingerprint density at radius 1 is 1.14 bits per heavy atom. The van der Waals surface area contributed by atoms with E-state index in [1.165, 1.54) is 17.4 Å². The zero-order valence-corrected chi connectivity index (χ0v) is 16.7. The Labute approximate surface area is 171 Å². The highest BCUT2D eigenvalue weighted by Gasteiger charge is 2.14. The summed E-state index contributed by atoms with van der Waals surface area (Å²) in [6.45, 7) is 3.44. The average Bonchev–Trinajstić information content (AvgIpc) is 3.38. The van der Waals surface area contributed by atoms with Crippen molar-refractivity contribution < 1.29 is 19.1 Å². The number of rotatable bonds is 7. The summed E-state index contributed by atoms with van der Waals surface area (Å²) in [6, 6.07) is 11.6. The quantitative estimate of drug-likeness (QED) is 0.578. The Morgan fingerprint density at radius 2 is 1.97 bits per heavy atom. The number of hydrogen-bond acceptors (Lipinski definition) is 6. The fourth-order valence-electron chi connectivity index (χ4n) is 2.54. The largest absolute Gasteiger partial charge is 0.452 e. The second kappa shape index (κ2) is 9.16. The van der Waals surface area contributed by atoms with Gasteiger partial charge in [0.25, 0.3) is 11.8 Å². The Bertz CT molecular complexity index is 1010. The number of nitrogens with zero attached hydrogens (tertiary/aromatic N) is 2. The Morgan fingerprint density at radius 3 is 2.69 bits per heavy atom. The lowest BCUT2D eigenvalue weighted by Crippen LogP contribution is -2.23. The van der Waals surface area contributed by atoms with E-state index in [1.807, 2.05) is 19.2 Å². The molecule has 3 aromatic rings. The first-order chi connectivity index (χ1) is 13.9. The highest BCUT2D eigenvalue weighted by molar-refractivity contribution is 7.12. The van der Waals surface area contributed by atoms with Crippen molar-refractivity contribution in [3.05, 3.63) is 64.5 Å². The van der Waals surface area contributed by atoms with Gasteiger partial charge in [-0.25, -0.2) is 9.48 Å². The van der Waals surface area contributed by atoms with Crippen molar-refractivity contribution >= 4 is 40.6 Å². The number of esters is 1. The maximum Gasteiger partial charge on any atom is 0.338 e. The number of carbonyl (C=O) groups excluding carboxylic acids is 3. The molecular formula is C20H20N4O4S. The van der Waals surface area contributed by atoms with Gasteiger partial charge in [-0.2, -0.15) is 5.10 Å². The summed E-state index contributed by atoms with van der Waals surface area (Å²) < 4.78 is 6.73. The highest BCUT2D eigenvalue weighted by Crippen LogP contribution is 2.16. The first kappa shape index (κ1) is 20.3. The summed E-state index contributed by atoms with van der Waals surface area (Å²) in [5.41, 5.74) is 0.692. The van der Waals surface area contributed by atoms with Crippen LogP contribution < -0.4 is 10.6 Å². The summed E-state index contributed by atoms with van der Waals surface area (Å²) in [6.07, 6.45) is 1.58. The molecular weight excluding hydrogens is 392 g/mol. The number of aromatic nitrogens is 2. The molecule has 2 heterocycles. The molecule has 0 aliphatic carbocycles. The summed E-state index contributed by atoms with van der Waals surface area (Å²) >= 11 is 1.32. The van der Waals surface area contributed by atoms with Crippen LogP contribution in [0, 0.1) is 0 Å². The van der Waals surface area contributed by atoms with E-state index in [2.05, 4.69) is 15.7 Å². The summed E-state index contributed by atoms with van der Waals surface area (Å²) in [5, 5.41) is 11.3. The number of amides is 2. The van der Waals surface area contributed by atoms with E-state index in [4.69, 9.17) is 4.74 Å². The van der Waals surface area contributed by atoms with E-state index >= 15 is 0 Å². The molecule has 2 amide bonds. The van der Waals surface area contributed by atoms with E-state index in [0.717, 1.165) is 0 Å². The van der Waals surface area contributed by atoms with Gasteiger partial charge in [0.05, 0.1) is 16.6 Å². The molecule has 1 aromatic carbocycles. The number of anilines is 2. The molecule has 0 saturated heterocycles. The number of hydrogen-bond donors (Lipinski definition) is 2. The smallest absolute Gasteiger partial charge is 0.338 e. The van der Waals surface area contributed by atoms with Gasteiger partial charge < -0.3 is 15.4 Å². The molecule has 0 bridgehead atoms. The normalized spacial score (nSPS) is 10.6. The van der Waals surface area contributed by atoms with Crippen molar-refractivity contribution in [2.75, 3.05) is 17.2 Å². The van der Waals surface area contributed by atoms with Crippen LogP contribution in [-0.2, 0) is 9.53 Å². The number of thiophene rings is 1. The van der Waals surface area contributed by atoms with Gasteiger partial charge in [-0.15, -0.1) is 11.3 Å². The van der Waals surface area contributed by atoms with Crippen LogP contribution in [0.4, 0.5) is 11.5 Å². The second-order valence-corrected chi connectivity index (χ2v) is 7.34. The van der Waals surface area contributed by atoms with Gasteiger partial charge in [0.1, 0.15) is 5.82 Å². The molecule has 0 aliphatic heterocycles. The van der Waals surface area contributed by atoms with E-state index in [9.17, 15) is 14.4 Å². The molecule has 150 valence electrons. The highest BCUT2D eigenvalue weighted by atomic mass is 32.1. The number of carbonyl (C=O) groups is 3. The second-order valence-electron chi connectivity index (χ2n) is 6.39. The third kappa shape index (κ3) is 5.29. The Kier molecular flexibility index (Phi) is 6.40. The van der Waals surface area contributed by atoms with Crippen molar-refractivity contribution in [2.24, 2.45) is 0 Å². The third-order valence-corrected chi connectivity index (χ3v) is 4.73. The predicted molar refractivity (Wildman–Crippen MR) is 110 cm³/mol. The van der Waals surface area contributed by atoms with Crippen LogP contribution >= 0.6 is 11.3 Å². The van der Waals surface area contributed by atoms with Crippen molar-refractivity contribution in [1.82, 2.24) is 9.78 Å². The van der Waals surface area contributed by atoms with Gasteiger partial charge >= 0.3 is 5.97 Å². The van der Waals surface area contributed by atoms with Crippen LogP contribution in [0.15, 0.2) is 54.0 Å². The molecule has 3 rings (SSSR count). The lowest BCUT2D eigenvalue weighted by Gasteiger charge is -2.12. The molecule has 0 atom stereocenters. The van der Waals surface area contributed by atoms with Gasteiger partial charge in [-0.05, 0) is 43.5 Å². The molecule has 0 radical (unpaired) electrons. The van der Waals surface area contributed by atoms with Crippen LogP contribution in [0.3, 0.4) is 0 Å². The summed E-state index contributed by atoms with van der Waals surface area (Å²) in [7, 11) is 0. The van der Waals surface area contributed by atoms with Crippen molar-refractivity contribution in [2.45, 2.75) is 19.9 Å². The van der Waals surface area contributed by atoms with Gasteiger partial charge in [0.2, 0.25) is 0 Å². The van der Waals surface area contributed by atoms with Gasteiger partial charge in [0, 0.05) is 17.8 Å². The molecule has 0 saturated carbocycles. The van der Waals surface area contributed by atoms with Crippen LogP contribution in [0.25, 0.3) is 0 Å². The van der Waals surface area contributed by atoms with Crippen LogP contribution in [0.1, 0.15) is 39.9 Å². The SMILES string of the molecule is CC(C)n1nccc1NC(=O)COC(=O)c1cccc(NC(=O)c2cccs2)c1. The molecule has 0 unspecified atom stereocenters. The molecule has 2 aromatic heterocycles. The van der Waals surface area contributed by atoms with Crippen LogP contribution in [0.2, 0.25) is 0 Å². The molecule has 0 fully saturated rings. The molecule has 0 spiro atoms. The molecule has 2 N–H and O–H groups in total. The van der Waals surface area contributed by atoms with E-state index in [0.29, 0.717) is 16.4 Å². The standard InChI is InChI=1S/C20H20N4O4S/c1-13(2)24-17(8-9-21-24)23-18(25)12-28-20(27)14-5-3-6-15(11-14)22-19(26)16-7-4-10-29-16/h3-11,13H,12H2,1-2H3,(H,22,26)(H,23,25). The first-order valence-corrected chi connectivity index (χ1v) is 9.77. The molecule has 8 nitrogen and oxygen atoms in total. The minimum Gasteiger partial charge on any atom is -0.452 e. The number of ether oxygens (including phenoxy) is 1. The third-order valence-electron chi connectivity index (χ3n) is 3.86. The lowest BCUT2D eigenvalue weighted by molar-refractivity contribution is -0.119. The van der Waals surface area contributed by atoms with Crippen LogP contribution in [0.5, 0.6) is 0 Å². The number of nitrogens with one attached hydrogen (secondary N) is 2. The lowest BCUT2D eigenvalue weighted by atomic mass is 10.2. The van der Waals surface area contributed by atoms with Crippen LogP contribution in [-0.4, -0.2) is 34.2 Å². The topological polar surface area (TPSA) is 102 Å². The monoisotopic (exact) mass is 412 g/mol. The zero-order valence-electron chi connectivity index (χ0n) is 15.9. The average molecular weight is 412 g/mol. The van der Waals surface area contributed by atoms with Gasteiger partial charge in [-0.3, -0.25) is 9.59 Å². The minimum atomic E-state index is -0.662. The molecule has 9 heteroatoms. The van der Waals surface area contributed by atoms with Crippen molar-refractivity contribution in [1.29, 1.82) is 0 Å². The van der Waals surface area contributed by atoms with Crippen molar-refractivity contribution in [3.63, 3.8) is 0 Å². The minimum absolute atomic E-state index is 0.0787. The first-order valence-electron chi connectivity index (χ1n) is 8.89. The van der Waals surface area contributed by atoms with E-state index in [1.54, 1.807) is 47.3 Å². The number of benzene rings is 1. The fourth-order valence-corrected chi connectivity index (χ4v) is 3.16. The Balaban J connectivity index is 1.56. The fraction of sp³-hybridized carbons (Fsp3) is 0.200. The Hall–Kier alpha value is -3.46. The zero-order chi connectivity index (χ0) is 20.8. The van der Waals surface area contributed by atoms with Crippen molar-refractivity contribution in [3.8, 4) is 0 Å². The van der Waals surface area contributed by atoms with Gasteiger partial charge in [-0.1, -0.05) is 12.1 Å². The van der Waals surface area contributed by atoms with E-state index in [-0.39, 0.29) is 17.5 Å². The summed E-state index contributed by atoms with van der Waals surface area (Å²) in [4.78, 5) is 37.0. The van der Waals surface area contributed by atoms with E-state index < -0.39 is 18.5 Å². The van der Waals surface area contributed by atoms with Gasteiger partial charge in [0.15, 0.2) is 6.61 Å². The summed E-state index contributed by atoms with van der Waals surface area (Å²) in [5.74, 6) is -0.862. The maximum absolute atomic E-state index is 12.3. The maximum atomic E-state index is 12.3. The molecule has 29 heavy (non-hydrogen) atoms. The predicted octanol–water partition coefficient (Wildman–Crippen LogP) is 3.57. The molecule has 0 aliphatic rings.